The summed E-state index contributed by atoms with van der Waals surface area (Å²) in [6.45, 7) is 1.87. The van der Waals surface area contributed by atoms with Crippen molar-refractivity contribution < 1.29 is 14.7 Å². The smallest absolute Gasteiger partial charge is 0.308 e. The molecule has 1 aromatic carbocycles. The molecule has 1 N–H and O–H groups in total. The Labute approximate surface area is 116 Å². The molecule has 4 nitrogen and oxygen atoms in total. The minimum atomic E-state index is -0.873. The number of fused-ring (bicyclic) bond motifs is 1. The Hall–Kier alpha value is -1.49. The first-order valence-electron chi connectivity index (χ1n) is 6.21. The molecule has 2 unspecified atom stereocenters. The Morgan fingerprint density at radius 1 is 1.47 bits per heavy atom. The zero-order valence-electron chi connectivity index (χ0n) is 11.0. The lowest BCUT2D eigenvalue weighted by Crippen LogP contribution is -2.38. The number of carbonyl (C=O) groups is 2. The lowest BCUT2D eigenvalue weighted by Gasteiger charge is -2.22. The summed E-state index contributed by atoms with van der Waals surface area (Å²) in [5.74, 6) is -1.40. The van der Waals surface area contributed by atoms with E-state index in [1.54, 1.807) is 25.7 Å². The molecule has 1 amide bonds. The molecular weight excluding hydrogens is 262 g/mol. The summed E-state index contributed by atoms with van der Waals surface area (Å²) in [6, 6.07) is 8.00. The molecule has 102 valence electrons. The van der Waals surface area contributed by atoms with Gasteiger partial charge in [-0.1, -0.05) is 25.1 Å². The van der Waals surface area contributed by atoms with Crippen LogP contribution >= 0.6 is 11.8 Å². The molecule has 0 saturated heterocycles. The largest absolute Gasteiger partial charge is 0.481 e. The number of thioether (sulfide) groups is 1. The van der Waals surface area contributed by atoms with Gasteiger partial charge < -0.3 is 10.0 Å². The molecule has 1 heterocycles. The molecule has 2 atom stereocenters. The van der Waals surface area contributed by atoms with Crippen LogP contribution in [0.2, 0.25) is 0 Å². The number of hydrogen-bond donors (Lipinski definition) is 1. The summed E-state index contributed by atoms with van der Waals surface area (Å²) < 4.78 is 0. The second kappa shape index (κ2) is 5.65. The van der Waals surface area contributed by atoms with Crippen LogP contribution < -0.4 is 0 Å². The van der Waals surface area contributed by atoms with Crippen molar-refractivity contribution in [1.82, 2.24) is 4.90 Å². The molecule has 0 saturated carbocycles. The first-order chi connectivity index (χ1) is 8.99. The number of nitrogens with zero attached hydrogens (tertiary/aromatic N) is 1. The fourth-order valence-electron chi connectivity index (χ4n) is 2.14. The van der Waals surface area contributed by atoms with Crippen molar-refractivity contribution in [2.45, 2.75) is 23.5 Å². The summed E-state index contributed by atoms with van der Waals surface area (Å²) in [6.07, 6.45) is 0.728. The molecule has 5 heteroatoms. The SMILES string of the molecule is CC(CN(C)C(=O)C1Cc2ccccc2S1)C(=O)O. The quantitative estimate of drug-likeness (QED) is 0.914. The van der Waals surface area contributed by atoms with Gasteiger partial charge in [-0.3, -0.25) is 9.59 Å². The Balaban J connectivity index is 1.97. The van der Waals surface area contributed by atoms with Crippen molar-refractivity contribution in [3.05, 3.63) is 29.8 Å². The Kier molecular flexibility index (Phi) is 4.14. The van der Waals surface area contributed by atoms with Crippen LogP contribution in [0.15, 0.2) is 29.2 Å². The van der Waals surface area contributed by atoms with E-state index in [1.807, 2.05) is 24.3 Å². The van der Waals surface area contributed by atoms with E-state index < -0.39 is 11.9 Å². The normalized spacial score (nSPS) is 18.7. The highest BCUT2D eigenvalue weighted by Crippen LogP contribution is 2.37. The topological polar surface area (TPSA) is 57.6 Å². The number of hydrogen-bond acceptors (Lipinski definition) is 3. The van der Waals surface area contributed by atoms with Gasteiger partial charge in [-0.15, -0.1) is 11.8 Å². The summed E-state index contributed by atoms with van der Waals surface area (Å²) in [5, 5.41) is 8.75. The Morgan fingerprint density at radius 2 is 2.16 bits per heavy atom. The van der Waals surface area contributed by atoms with Crippen molar-refractivity contribution in [2.24, 2.45) is 5.92 Å². The molecule has 0 bridgehead atoms. The molecule has 2 rings (SSSR count). The monoisotopic (exact) mass is 279 g/mol. The second-order valence-corrected chi connectivity index (χ2v) is 6.12. The third-order valence-electron chi connectivity index (χ3n) is 3.27. The van der Waals surface area contributed by atoms with E-state index in [2.05, 4.69) is 0 Å². The minimum Gasteiger partial charge on any atom is -0.481 e. The van der Waals surface area contributed by atoms with E-state index in [1.165, 1.54) is 10.5 Å². The van der Waals surface area contributed by atoms with E-state index in [0.717, 1.165) is 11.3 Å². The molecule has 1 aliphatic heterocycles. The van der Waals surface area contributed by atoms with Gasteiger partial charge in [0, 0.05) is 18.5 Å². The lowest BCUT2D eigenvalue weighted by molar-refractivity contribution is -0.142. The van der Waals surface area contributed by atoms with E-state index in [0.29, 0.717) is 0 Å². The molecule has 19 heavy (non-hydrogen) atoms. The van der Waals surface area contributed by atoms with E-state index in [4.69, 9.17) is 5.11 Å². The fourth-order valence-corrected chi connectivity index (χ4v) is 3.45. The molecule has 0 spiro atoms. The van der Waals surface area contributed by atoms with Crippen LogP contribution in [0.5, 0.6) is 0 Å². The van der Waals surface area contributed by atoms with Crippen molar-refractivity contribution in [3.63, 3.8) is 0 Å². The molecular formula is C14H17NO3S. The summed E-state index contributed by atoms with van der Waals surface area (Å²) in [5.41, 5.74) is 1.20. The van der Waals surface area contributed by atoms with Gasteiger partial charge in [-0.2, -0.15) is 0 Å². The zero-order valence-corrected chi connectivity index (χ0v) is 11.8. The summed E-state index contributed by atoms with van der Waals surface area (Å²) in [7, 11) is 1.67. The van der Waals surface area contributed by atoms with Crippen LogP contribution in [0.4, 0.5) is 0 Å². The minimum absolute atomic E-state index is 0.00861. The van der Waals surface area contributed by atoms with Gasteiger partial charge in [0.1, 0.15) is 0 Å². The Morgan fingerprint density at radius 3 is 2.79 bits per heavy atom. The predicted molar refractivity (Wildman–Crippen MR) is 74.2 cm³/mol. The highest BCUT2D eigenvalue weighted by atomic mass is 32.2. The average molecular weight is 279 g/mol. The van der Waals surface area contributed by atoms with Crippen molar-refractivity contribution >= 4 is 23.6 Å². The molecule has 1 aromatic rings. The fraction of sp³-hybridized carbons (Fsp3) is 0.429. The van der Waals surface area contributed by atoms with Crippen molar-refractivity contribution in [2.75, 3.05) is 13.6 Å². The van der Waals surface area contributed by atoms with Gasteiger partial charge in [0.25, 0.3) is 0 Å². The number of rotatable bonds is 4. The van der Waals surface area contributed by atoms with E-state index in [9.17, 15) is 9.59 Å². The van der Waals surface area contributed by atoms with Gasteiger partial charge in [0.15, 0.2) is 0 Å². The number of carboxylic acid groups (broad SMARTS) is 1. The van der Waals surface area contributed by atoms with Crippen LogP contribution in [0.3, 0.4) is 0 Å². The highest BCUT2D eigenvalue weighted by molar-refractivity contribution is 8.01. The van der Waals surface area contributed by atoms with Gasteiger partial charge >= 0.3 is 5.97 Å². The zero-order chi connectivity index (χ0) is 14.0. The van der Waals surface area contributed by atoms with Crippen LogP contribution in [0.1, 0.15) is 12.5 Å². The number of amides is 1. The number of aliphatic carboxylic acids is 1. The van der Waals surface area contributed by atoms with Gasteiger partial charge in [0.05, 0.1) is 11.2 Å². The number of carboxylic acids is 1. The van der Waals surface area contributed by atoms with Crippen LogP contribution in [0.25, 0.3) is 0 Å². The van der Waals surface area contributed by atoms with Crippen LogP contribution in [-0.2, 0) is 16.0 Å². The summed E-state index contributed by atoms with van der Waals surface area (Å²) >= 11 is 1.57. The molecule has 0 aliphatic carbocycles. The van der Waals surface area contributed by atoms with E-state index >= 15 is 0 Å². The third-order valence-corrected chi connectivity index (χ3v) is 4.57. The van der Waals surface area contributed by atoms with E-state index in [-0.39, 0.29) is 17.7 Å². The predicted octanol–water partition coefficient (Wildman–Crippen LogP) is 1.88. The van der Waals surface area contributed by atoms with Crippen LogP contribution in [0, 0.1) is 5.92 Å². The maximum absolute atomic E-state index is 12.3. The number of benzene rings is 1. The molecule has 0 aromatic heterocycles. The molecule has 0 radical (unpaired) electrons. The summed E-state index contributed by atoms with van der Waals surface area (Å²) in [4.78, 5) is 25.8. The van der Waals surface area contributed by atoms with Gasteiger partial charge in [-0.25, -0.2) is 0 Å². The highest BCUT2D eigenvalue weighted by Gasteiger charge is 2.30. The lowest BCUT2D eigenvalue weighted by atomic mass is 10.1. The van der Waals surface area contributed by atoms with Gasteiger partial charge in [0.2, 0.25) is 5.91 Å². The Bertz CT molecular complexity index is 478. The van der Waals surface area contributed by atoms with Crippen molar-refractivity contribution in [3.8, 4) is 0 Å². The number of carbonyl (C=O) groups excluding carboxylic acids is 1. The maximum atomic E-state index is 12.3. The first-order valence-corrected chi connectivity index (χ1v) is 7.09. The van der Waals surface area contributed by atoms with Crippen LogP contribution in [-0.4, -0.2) is 40.7 Å². The van der Waals surface area contributed by atoms with Crippen molar-refractivity contribution in [1.29, 1.82) is 0 Å². The first kappa shape index (κ1) is 13.9. The average Bonchev–Trinajstić information content (AvgIpc) is 2.81. The maximum Gasteiger partial charge on any atom is 0.308 e. The standard InChI is InChI=1S/C14H17NO3S/c1-9(14(17)18)8-15(2)13(16)12-7-10-5-3-4-6-11(10)19-12/h3-6,9,12H,7-8H2,1-2H3,(H,17,18). The second-order valence-electron chi connectivity index (χ2n) is 4.88. The molecule has 0 fully saturated rings. The third kappa shape index (κ3) is 3.10. The van der Waals surface area contributed by atoms with Gasteiger partial charge in [-0.05, 0) is 18.1 Å². The molecule has 1 aliphatic rings.